The van der Waals surface area contributed by atoms with E-state index in [1.54, 1.807) is 18.3 Å². The van der Waals surface area contributed by atoms with Crippen LogP contribution in [0.25, 0.3) is 22.3 Å². The molecule has 8 heteroatoms. The summed E-state index contributed by atoms with van der Waals surface area (Å²) < 4.78 is 26.6. The highest BCUT2D eigenvalue weighted by molar-refractivity contribution is 7.90. The molecule has 0 saturated carbocycles. The summed E-state index contributed by atoms with van der Waals surface area (Å²) in [4.78, 5) is 24.9. The number of aromatic amines is 1. The second kappa shape index (κ2) is 9.54. The van der Waals surface area contributed by atoms with Crippen LogP contribution in [0.15, 0.2) is 60.8 Å². The molecule has 2 heterocycles. The number of rotatable bonds is 8. The second-order valence-electron chi connectivity index (χ2n) is 8.05. The van der Waals surface area contributed by atoms with Crippen LogP contribution in [-0.2, 0) is 16.4 Å². The summed E-state index contributed by atoms with van der Waals surface area (Å²) in [5.74, 6) is 0.0210. The number of unbranched alkanes of at least 4 members (excludes halogenated alkanes) is 1. The zero-order valence-corrected chi connectivity index (χ0v) is 19.4. The molecular formula is C25H26N4O3S. The van der Waals surface area contributed by atoms with E-state index in [1.807, 2.05) is 56.3 Å². The number of carbonyl (C=O) groups excluding carboxylic acids is 1. The summed E-state index contributed by atoms with van der Waals surface area (Å²) >= 11 is 0. The largest absolute Gasteiger partial charge is 0.342 e. The van der Waals surface area contributed by atoms with Gasteiger partial charge in [0.25, 0.3) is 5.91 Å². The van der Waals surface area contributed by atoms with E-state index in [0.29, 0.717) is 18.4 Å². The Bertz CT molecular complexity index is 1380. The Morgan fingerprint density at radius 2 is 1.88 bits per heavy atom. The van der Waals surface area contributed by atoms with E-state index in [-0.39, 0.29) is 11.3 Å². The standard InChI is InChI=1S/C25H26N4O3S/c1-3-4-13-33(31,32)29-25(30)21-15-20(24-23(16-21)27-17(2)28-24)14-18-8-10-19(11-9-18)22-7-5-6-12-26-22/h5-12,15-16H,3-4,13-14H2,1-2H3,(H,27,28)(H,29,30). The van der Waals surface area contributed by atoms with Crippen molar-refractivity contribution in [1.29, 1.82) is 0 Å². The molecular weight excluding hydrogens is 436 g/mol. The number of H-pyrrole nitrogens is 1. The van der Waals surface area contributed by atoms with E-state index in [1.165, 1.54) is 0 Å². The van der Waals surface area contributed by atoms with Crippen LogP contribution < -0.4 is 4.72 Å². The first-order valence-corrected chi connectivity index (χ1v) is 12.5. The Hall–Kier alpha value is -3.52. The van der Waals surface area contributed by atoms with Crippen LogP contribution in [0, 0.1) is 6.92 Å². The van der Waals surface area contributed by atoms with Crippen molar-refractivity contribution in [2.75, 3.05) is 5.75 Å². The summed E-state index contributed by atoms with van der Waals surface area (Å²) in [6.45, 7) is 3.75. The Kier molecular flexibility index (Phi) is 6.55. The fourth-order valence-electron chi connectivity index (χ4n) is 3.71. The molecule has 33 heavy (non-hydrogen) atoms. The summed E-state index contributed by atoms with van der Waals surface area (Å²) in [5, 5.41) is 0. The van der Waals surface area contributed by atoms with Crippen molar-refractivity contribution in [3.8, 4) is 11.3 Å². The molecule has 0 atom stereocenters. The van der Waals surface area contributed by atoms with Crippen LogP contribution in [0.3, 0.4) is 0 Å². The van der Waals surface area contributed by atoms with Gasteiger partial charge < -0.3 is 4.98 Å². The van der Waals surface area contributed by atoms with Gasteiger partial charge in [0, 0.05) is 17.3 Å². The van der Waals surface area contributed by atoms with E-state index >= 15 is 0 Å². The van der Waals surface area contributed by atoms with Crippen LogP contribution in [-0.4, -0.2) is 35.0 Å². The van der Waals surface area contributed by atoms with Gasteiger partial charge in [0.05, 0.1) is 22.5 Å². The quantitative estimate of drug-likeness (QED) is 0.404. The predicted octanol–water partition coefficient (Wildman–Crippen LogP) is 4.38. The van der Waals surface area contributed by atoms with Gasteiger partial charge in [-0.15, -0.1) is 0 Å². The first kappa shape index (κ1) is 22.7. The molecule has 2 aromatic heterocycles. The van der Waals surface area contributed by atoms with Crippen LogP contribution in [0.4, 0.5) is 0 Å². The summed E-state index contributed by atoms with van der Waals surface area (Å²) in [6.07, 6.45) is 3.55. The molecule has 0 radical (unpaired) electrons. The lowest BCUT2D eigenvalue weighted by molar-refractivity contribution is 0.0981. The number of amides is 1. The molecule has 0 unspecified atom stereocenters. The monoisotopic (exact) mass is 462 g/mol. The first-order valence-electron chi connectivity index (χ1n) is 10.9. The molecule has 0 aliphatic carbocycles. The van der Waals surface area contributed by atoms with Crippen molar-refractivity contribution in [3.05, 3.63) is 83.3 Å². The van der Waals surface area contributed by atoms with Gasteiger partial charge in [-0.2, -0.15) is 0 Å². The van der Waals surface area contributed by atoms with Crippen molar-refractivity contribution < 1.29 is 13.2 Å². The van der Waals surface area contributed by atoms with Crippen molar-refractivity contribution in [2.45, 2.75) is 33.1 Å². The highest BCUT2D eigenvalue weighted by Crippen LogP contribution is 2.24. The summed E-state index contributed by atoms with van der Waals surface area (Å²) in [6, 6.07) is 17.2. The maximum absolute atomic E-state index is 12.7. The van der Waals surface area contributed by atoms with E-state index in [2.05, 4.69) is 19.7 Å². The lowest BCUT2D eigenvalue weighted by Crippen LogP contribution is -2.32. The molecule has 0 spiro atoms. The Morgan fingerprint density at radius 1 is 1.09 bits per heavy atom. The molecule has 0 saturated heterocycles. The third kappa shape index (κ3) is 5.46. The number of pyridine rings is 1. The summed E-state index contributed by atoms with van der Waals surface area (Å²) in [5.41, 5.74) is 5.57. The molecule has 0 bridgehead atoms. The van der Waals surface area contributed by atoms with Gasteiger partial charge in [0.2, 0.25) is 10.0 Å². The van der Waals surface area contributed by atoms with Gasteiger partial charge in [0.15, 0.2) is 0 Å². The van der Waals surface area contributed by atoms with Crippen molar-refractivity contribution in [3.63, 3.8) is 0 Å². The Morgan fingerprint density at radius 3 is 2.58 bits per heavy atom. The number of fused-ring (bicyclic) bond motifs is 1. The van der Waals surface area contributed by atoms with Gasteiger partial charge in [-0.25, -0.2) is 18.1 Å². The molecule has 170 valence electrons. The highest BCUT2D eigenvalue weighted by Gasteiger charge is 2.18. The zero-order chi connectivity index (χ0) is 23.4. The maximum atomic E-state index is 12.7. The summed E-state index contributed by atoms with van der Waals surface area (Å²) in [7, 11) is -3.67. The number of hydrogen-bond donors (Lipinski definition) is 2. The lowest BCUT2D eigenvalue weighted by atomic mass is 9.99. The van der Waals surface area contributed by atoms with Gasteiger partial charge in [-0.1, -0.05) is 43.7 Å². The average molecular weight is 463 g/mol. The minimum absolute atomic E-state index is 0.0733. The number of benzene rings is 2. The molecule has 4 rings (SSSR count). The number of aromatic nitrogens is 3. The smallest absolute Gasteiger partial charge is 0.264 e. The van der Waals surface area contributed by atoms with E-state index in [0.717, 1.165) is 40.1 Å². The third-order valence-electron chi connectivity index (χ3n) is 5.37. The molecule has 0 aliphatic heterocycles. The first-order chi connectivity index (χ1) is 15.8. The number of carbonyl (C=O) groups is 1. The number of nitrogens with one attached hydrogen (secondary N) is 2. The number of nitrogens with zero attached hydrogens (tertiary/aromatic N) is 2. The molecule has 7 nitrogen and oxygen atoms in total. The minimum Gasteiger partial charge on any atom is -0.342 e. The van der Waals surface area contributed by atoms with Crippen LogP contribution >= 0.6 is 0 Å². The molecule has 4 aromatic rings. The fourth-order valence-corrected chi connectivity index (χ4v) is 4.88. The minimum atomic E-state index is -3.67. The number of sulfonamides is 1. The molecule has 2 N–H and O–H groups in total. The molecule has 0 aliphatic rings. The highest BCUT2D eigenvalue weighted by atomic mass is 32.2. The van der Waals surface area contributed by atoms with Crippen LogP contribution in [0.5, 0.6) is 0 Å². The van der Waals surface area contributed by atoms with E-state index < -0.39 is 15.9 Å². The van der Waals surface area contributed by atoms with Crippen LogP contribution in [0.2, 0.25) is 0 Å². The number of aryl methyl sites for hydroxylation is 1. The zero-order valence-electron chi connectivity index (χ0n) is 18.6. The average Bonchev–Trinajstić information content (AvgIpc) is 3.19. The second-order valence-corrected chi connectivity index (χ2v) is 9.89. The Labute approximate surface area is 193 Å². The van der Waals surface area contributed by atoms with Gasteiger partial charge >= 0.3 is 0 Å². The normalized spacial score (nSPS) is 11.6. The third-order valence-corrected chi connectivity index (χ3v) is 6.69. The number of hydrogen-bond acceptors (Lipinski definition) is 5. The van der Waals surface area contributed by atoms with Gasteiger partial charge in [-0.05, 0) is 55.2 Å². The van der Waals surface area contributed by atoms with Crippen molar-refractivity contribution in [1.82, 2.24) is 19.7 Å². The topological polar surface area (TPSA) is 105 Å². The van der Waals surface area contributed by atoms with Crippen LogP contribution in [0.1, 0.15) is 47.1 Å². The predicted molar refractivity (Wildman–Crippen MR) is 129 cm³/mol. The Balaban J connectivity index is 1.62. The molecule has 0 fully saturated rings. The molecule has 1 amide bonds. The van der Waals surface area contributed by atoms with Crippen molar-refractivity contribution >= 4 is 27.0 Å². The lowest BCUT2D eigenvalue weighted by Gasteiger charge is -2.10. The van der Waals surface area contributed by atoms with E-state index in [9.17, 15) is 13.2 Å². The van der Waals surface area contributed by atoms with Gasteiger partial charge in [-0.3, -0.25) is 9.78 Å². The number of imidazole rings is 1. The fraction of sp³-hybridized carbons (Fsp3) is 0.240. The van der Waals surface area contributed by atoms with Gasteiger partial charge in [0.1, 0.15) is 5.82 Å². The molecule has 2 aromatic carbocycles. The maximum Gasteiger partial charge on any atom is 0.264 e. The van der Waals surface area contributed by atoms with Crippen molar-refractivity contribution in [2.24, 2.45) is 0 Å². The SMILES string of the molecule is CCCCS(=O)(=O)NC(=O)c1cc(Cc2ccc(-c3ccccn3)cc2)c2nc(C)[nH]c2c1. The van der Waals surface area contributed by atoms with E-state index in [4.69, 9.17) is 0 Å².